The summed E-state index contributed by atoms with van der Waals surface area (Å²) in [7, 11) is 0. The van der Waals surface area contributed by atoms with E-state index in [1.165, 1.54) is 0 Å². The lowest BCUT2D eigenvalue weighted by Crippen LogP contribution is -2.20. The Morgan fingerprint density at radius 1 is 0.815 bits per heavy atom. The van der Waals surface area contributed by atoms with E-state index in [1.807, 2.05) is 68.4 Å². The number of amides is 1. The normalized spacial score (nSPS) is 10.3. The van der Waals surface area contributed by atoms with Crippen molar-refractivity contribution in [3.63, 3.8) is 0 Å². The zero-order valence-corrected chi connectivity index (χ0v) is 15.6. The summed E-state index contributed by atoms with van der Waals surface area (Å²) in [4.78, 5) is 12.1. The summed E-state index contributed by atoms with van der Waals surface area (Å²) in [5.74, 6) is 1.19. The SMILES string of the molecule is Cc1cc(C)cc(NC(=O)COc2ccc(OCc3ccccc3)cc2)c1. The van der Waals surface area contributed by atoms with Crippen LogP contribution in [0.2, 0.25) is 0 Å². The van der Waals surface area contributed by atoms with Gasteiger partial charge in [0.2, 0.25) is 0 Å². The molecule has 0 fully saturated rings. The third kappa shape index (κ3) is 5.89. The van der Waals surface area contributed by atoms with Gasteiger partial charge in [-0.05, 0) is 66.9 Å². The zero-order chi connectivity index (χ0) is 19.1. The van der Waals surface area contributed by atoms with E-state index in [-0.39, 0.29) is 12.5 Å². The van der Waals surface area contributed by atoms with Crippen molar-refractivity contribution >= 4 is 11.6 Å². The van der Waals surface area contributed by atoms with Crippen molar-refractivity contribution in [2.75, 3.05) is 11.9 Å². The molecule has 0 saturated carbocycles. The Labute approximate surface area is 159 Å². The molecule has 1 N–H and O–H groups in total. The Morgan fingerprint density at radius 3 is 2.04 bits per heavy atom. The molecule has 0 saturated heterocycles. The standard InChI is InChI=1S/C23H23NO3/c1-17-12-18(2)14-20(13-17)24-23(25)16-27-22-10-8-21(9-11-22)26-15-19-6-4-3-5-7-19/h3-14H,15-16H2,1-2H3,(H,24,25). The molecular formula is C23H23NO3. The molecule has 0 aliphatic carbocycles. The molecule has 0 aliphatic rings. The summed E-state index contributed by atoms with van der Waals surface area (Å²) in [6.07, 6.45) is 0. The summed E-state index contributed by atoms with van der Waals surface area (Å²) < 4.78 is 11.3. The second-order valence-corrected chi connectivity index (χ2v) is 6.46. The minimum absolute atomic E-state index is 0.0444. The maximum absolute atomic E-state index is 12.1. The molecule has 4 nitrogen and oxygen atoms in total. The first-order chi connectivity index (χ1) is 13.1. The van der Waals surface area contributed by atoms with Crippen molar-refractivity contribution < 1.29 is 14.3 Å². The second-order valence-electron chi connectivity index (χ2n) is 6.46. The summed E-state index contributed by atoms with van der Waals surface area (Å²) >= 11 is 0. The summed E-state index contributed by atoms with van der Waals surface area (Å²) in [5, 5.41) is 2.86. The molecule has 3 aromatic rings. The highest BCUT2D eigenvalue weighted by Gasteiger charge is 2.05. The molecule has 1 amide bonds. The fourth-order valence-electron chi connectivity index (χ4n) is 2.77. The molecule has 3 rings (SSSR count). The Balaban J connectivity index is 1.47. The number of ether oxygens (including phenoxy) is 2. The van der Waals surface area contributed by atoms with Crippen LogP contribution in [0.15, 0.2) is 72.8 Å². The molecule has 3 aromatic carbocycles. The lowest BCUT2D eigenvalue weighted by molar-refractivity contribution is -0.118. The number of anilines is 1. The maximum Gasteiger partial charge on any atom is 0.262 e. The molecule has 0 aliphatic heterocycles. The van der Waals surface area contributed by atoms with Crippen molar-refractivity contribution in [1.29, 1.82) is 0 Å². The minimum atomic E-state index is -0.190. The van der Waals surface area contributed by atoms with Crippen molar-refractivity contribution in [3.8, 4) is 11.5 Å². The van der Waals surface area contributed by atoms with Crippen LogP contribution in [-0.4, -0.2) is 12.5 Å². The number of benzene rings is 3. The lowest BCUT2D eigenvalue weighted by atomic mass is 10.1. The molecule has 27 heavy (non-hydrogen) atoms. The van der Waals surface area contributed by atoms with Crippen LogP contribution in [-0.2, 0) is 11.4 Å². The Hall–Kier alpha value is -3.27. The molecule has 0 unspecified atom stereocenters. The smallest absolute Gasteiger partial charge is 0.262 e. The van der Waals surface area contributed by atoms with Crippen molar-refractivity contribution in [1.82, 2.24) is 0 Å². The Morgan fingerprint density at radius 2 is 1.41 bits per heavy atom. The van der Waals surface area contributed by atoms with E-state index < -0.39 is 0 Å². The summed E-state index contributed by atoms with van der Waals surface area (Å²) in [5.41, 5.74) is 4.11. The van der Waals surface area contributed by atoms with Crippen LogP contribution in [0.25, 0.3) is 0 Å². The summed E-state index contributed by atoms with van der Waals surface area (Å²) in [6.45, 7) is 4.47. The Bertz CT molecular complexity index is 869. The number of rotatable bonds is 7. The van der Waals surface area contributed by atoms with E-state index in [1.54, 1.807) is 12.1 Å². The molecule has 0 bridgehead atoms. The predicted molar refractivity (Wildman–Crippen MR) is 107 cm³/mol. The molecule has 0 spiro atoms. The number of aryl methyl sites for hydroxylation is 2. The molecule has 138 valence electrons. The lowest BCUT2D eigenvalue weighted by Gasteiger charge is -2.10. The second kappa shape index (κ2) is 8.90. The molecule has 4 heteroatoms. The number of nitrogens with one attached hydrogen (secondary N) is 1. The van der Waals surface area contributed by atoms with Gasteiger partial charge in [0.1, 0.15) is 18.1 Å². The quantitative estimate of drug-likeness (QED) is 0.651. The highest BCUT2D eigenvalue weighted by atomic mass is 16.5. The van der Waals surface area contributed by atoms with E-state index in [0.717, 1.165) is 28.1 Å². The van der Waals surface area contributed by atoms with Crippen LogP contribution in [0, 0.1) is 13.8 Å². The Kier molecular flexibility index (Phi) is 6.10. The number of hydrogen-bond donors (Lipinski definition) is 1. The molecule has 0 aromatic heterocycles. The minimum Gasteiger partial charge on any atom is -0.489 e. The van der Waals surface area contributed by atoms with E-state index in [0.29, 0.717) is 12.4 Å². The van der Waals surface area contributed by atoms with Crippen LogP contribution in [0.3, 0.4) is 0 Å². The van der Waals surface area contributed by atoms with Crippen LogP contribution >= 0.6 is 0 Å². The average Bonchev–Trinajstić information content (AvgIpc) is 2.65. The highest BCUT2D eigenvalue weighted by molar-refractivity contribution is 5.92. The zero-order valence-electron chi connectivity index (χ0n) is 15.6. The van der Waals surface area contributed by atoms with E-state index >= 15 is 0 Å². The molecule has 0 atom stereocenters. The van der Waals surface area contributed by atoms with E-state index in [9.17, 15) is 4.79 Å². The average molecular weight is 361 g/mol. The molecular weight excluding hydrogens is 338 g/mol. The first-order valence-corrected chi connectivity index (χ1v) is 8.86. The van der Waals surface area contributed by atoms with Gasteiger partial charge in [-0.25, -0.2) is 0 Å². The third-order valence-corrected chi connectivity index (χ3v) is 3.95. The first-order valence-electron chi connectivity index (χ1n) is 8.86. The van der Waals surface area contributed by atoms with Crippen LogP contribution in [0.1, 0.15) is 16.7 Å². The molecule has 0 heterocycles. The van der Waals surface area contributed by atoms with Gasteiger partial charge >= 0.3 is 0 Å². The third-order valence-electron chi connectivity index (χ3n) is 3.95. The van der Waals surface area contributed by atoms with Gasteiger partial charge in [0.05, 0.1) is 0 Å². The monoisotopic (exact) mass is 361 g/mol. The van der Waals surface area contributed by atoms with Gasteiger partial charge in [-0.1, -0.05) is 36.4 Å². The first kappa shape index (κ1) is 18.5. The fraction of sp³-hybridized carbons (Fsp3) is 0.174. The largest absolute Gasteiger partial charge is 0.489 e. The maximum atomic E-state index is 12.1. The summed E-state index contributed by atoms with van der Waals surface area (Å²) in [6, 6.07) is 23.2. The highest BCUT2D eigenvalue weighted by Crippen LogP contribution is 2.19. The molecule has 0 radical (unpaired) electrons. The van der Waals surface area contributed by atoms with E-state index in [2.05, 4.69) is 11.4 Å². The van der Waals surface area contributed by atoms with Crippen LogP contribution in [0.4, 0.5) is 5.69 Å². The topological polar surface area (TPSA) is 47.6 Å². The van der Waals surface area contributed by atoms with Gasteiger partial charge in [-0.2, -0.15) is 0 Å². The van der Waals surface area contributed by atoms with Gasteiger partial charge in [0.15, 0.2) is 6.61 Å². The number of carbonyl (C=O) groups is 1. The number of carbonyl (C=O) groups excluding carboxylic acids is 1. The van der Waals surface area contributed by atoms with Crippen molar-refractivity contribution in [2.45, 2.75) is 20.5 Å². The van der Waals surface area contributed by atoms with Crippen LogP contribution in [0.5, 0.6) is 11.5 Å². The van der Waals surface area contributed by atoms with Crippen molar-refractivity contribution in [2.24, 2.45) is 0 Å². The van der Waals surface area contributed by atoms with Gasteiger partial charge in [-0.15, -0.1) is 0 Å². The predicted octanol–water partition coefficient (Wildman–Crippen LogP) is 4.90. The van der Waals surface area contributed by atoms with E-state index in [4.69, 9.17) is 9.47 Å². The fourth-order valence-corrected chi connectivity index (χ4v) is 2.77. The van der Waals surface area contributed by atoms with Gasteiger partial charge in [-0.3, -0.25) is 4.79 Å². The van der Waals surface area contributed by atoms with Gasteiger partial charge in [0, 0.05) is 5.69 Å². The van der Waals surface area contributed by atoms with Crippen LogP contribution < -0.4 is 14.8 Å². The van der Waals surface area contributed by atoms with Gasteiger partial charge < -0.3 is 14.8 Å². The number of hydrogen-bond acceptors (Lipinski definition) is 3. The van der Waals surface area contributed by atoms with Gasteiger partial charge in [0.25, 0.3) is 5.91 Å². The van der Waals surface area contributed by atoms with Crippen molar-refractivity contribution in [3.05, 3.63) is 89.5 Å².